The van der Waals surface area contributed by atoms with Gasteiger partial charge in [-0.2, -0.15) is 0 Å². The van der Waals surface area contributed by atoms with Crippen LogP contribution in [0.15, 0.2) is 53.9 Å². The number of aromatic nitrogens is 1. The van der Waals surface area contributed by atoms with Crippen molar-refractivity contribution in [2.24, 2.45) is 0 Å². The van der Waals surface area contributed by atoms with E-state index in [1.165, 1.54) is 11.3 Å². The largest absolute Gasteiger partial charge is 0.497 e. The number of hydrogen-bond donors (Lipinski definition) is 0. The molecule has 0 unspecified atom stereocenters. The number of nitrogens with zero attached hydrogens (tertiary/aromatic N) is 2. The van der Waals surface area contributed by atoms with E-state index in [0.717, 1.165) is 5.56 Å². The minimum Gasteiger partial charge on any atom is -0.497 e. The lowest BCUT2D eigenvalue weighted by atomic mass is 10.1. The van der Waals surface area contributed by atoms with E-state index < -0.39 is 0 Å². The summed E-state index contributed by atoms with van der Waals surface area (Å²) in [5, 5.41) is 2.45. The number of amides is 1. The summed E-state index contributed by atoms with van der Waals surface area (Å²) in [6.45, 7) is 0.662. The van der Waals surface area contributed by atoms with Crippen LogP contribution in [0.1, 0.15) is 0 Å². The summed E-state index contributed by atoms with van der Waals surface area (Å²) in [4.78, 5) is 19.1. The summed E-state index contributed by atoms with van der Waals surface area (Å²) in [6.07, 6.45) is 0. The maximum Gasteiger partial charge on any atom is 0.266 e. The van der Waals surface area contributed by atoms with E-state index in [-0.39, 0.29) is 12.5 Å². The van der Waals surface area contributed by atoms with Gasteiger partial charge in [0.25, 0.3) is 5.91 Å². The minimum atomic E-state index is -0.200. The lowest BCUT2D eigenvalue weighted by Crippen LogP contribution is -2.37. The molecule has 7 nitrogen and oxygen atoms in total. The first-order valence-electron chi connectivity index (χ1n) is 9.31. The number of anilines is 1. The highest BCUT2D eigenvalue weighted by atomic mass is 32.1. The van der Waals surface area contributed by atoms with Crippen LogP contribution in [0, 0.1) is 0 Å². The number of benzene rings is 2. The van der Waals surface area contributed by atoms with Crippen molar-refractivity contribution < 1.29 is 23.7 Å². The summed E-state index contributed by atoms with van der Waals surface area (Å²) in [5.41, 5.74) is 1.49. The molecule has 0 fully saturated rings. The summed E-state index contributed by atoms with van der Waals surface area (Å²) >= 11 is 1.37. The van der Waals surface area contributed by atoms with Gasteiger partial charge in [0.15, 0.2) is 11.7 Å². The summed E-state index contributed by atoms with van der Waals surface area (Å²) in [7, 11) is 4.81. The number of thiazole rings is 1. The van der Waals surface area contributed by atoms with E-state index >= 15 is 0 Å². The molecule has 2 aromatic carbocycles. The number of carbonyl (C=O) groups excluding carboxylic acids is 1. The van der Waals surface area contributed by atoms with Crippen LogP contribution in [0.4, 0.5) is 5.13 Å². The van der Waals surface area contributed by atoms with Crippen molar-refractivity contribution >= 4 is 22.4 Å². The topological polar surface area (TPSA) is 70.1 Å². The quantitative estimate of drug-likeness (QED) is 0.488. The van der Waals surface area contributed by atoms with Crippen molar-refractivity contribution in [3.8, 4) is 28.5 Å². The molecule has 158 valence electrons. The standard InChI is InChI=1S/C22H24N2O5S/c1-26-12-11-24(21(25)14-29-16-7-5-4-6-8-16)22-23-19(15-30-22)18-13-17(27-2)9-10-20(18)28-3/h4-10,13,15H,11-12,14H2,1-3H3. The Bertz CT molecular complexity index is 961. The first-order chi connectivity index (χ1) is 14.7. The van der Waals surface area contributed by atoms with Crippen molar-refractivity contribution in [2.75, 3.05) is 46.0 Å². The fourth-order valence-electron chi connectivity index (χ4n) is 2.78. The average Bonchev–Trinajstić information content (AvgIpc) is 3.28. The van der Waals surface area contributed by atoms with Crippen LogP contribution >= 0.6 is 11.3 Å². The molecule has 3 rings (SSSR count). The SMILES string of the molecule is COCCN(C(=O)COc1ccccc1)c1nc(-c2cc(OC)ccc2OC)cs1. The first kappa shape index (κ1) is 21.6. The third-order valence-electron chi connectivity index (χ3n) is 4.33. The Balaban J connectivity index is 1.82. The van der Waals surface area contributed by atoms with Gasteiger partial charge in [0.2, 0.25) is 0 Å². The van der Waals surface area contributed by atoms with Gasteiger partial charge in [-0.3, -0.25) is 9.69 Å². The Kier molecular flexibility index (Phi) is 7.64. The number of carbonyl (C=O) groups is 1. The Morgan fingerprint density at radius 2 is 1.83 bits per heavy atom. The predicted molar refractivity (Wildman–Crippen MR) is 117 cm³/mol. The van der Waals surface area contributed by atoms with Gasteiger partial charge >= 0.3 is 0 Å². The van der Waals surface area contributed by atoms with Crippen molar-refractivity contribution in [1.82, 2.24) is 4.98 Å². The van der Waals surface area contributed by atoms with E-state index in [1.807, 2.05) is 53.9 Å². The van der Waals surface area contributed by atoms with E-state index in [4.69, 9.17) is 18.9 Å². The first-order valence-corrected chi connectivity index (χ1v) is 10.2. The van der Waals surface area contributed by atoms with Gasteiger partial charge in [0.1, 0.15) is 17.2 Å². The third-order valence-corrected chi connectivity index (χ3v) is 5.19. The van der Waals surface area contributed by atoms with E-state index in [0.29, 0.717) is 41.2 Å². The molecule has 0 atom stereocenters. The summed E-state index contributed by atoms with van der Waals surface area (Å²) < 4.78 is 21.6. The highest BCUT2D eigenvalue weighted by molar-refractivity contribution is 7.14. The van der Waals surface area contributed by atoms with Gasteiger partial charge in [-0.1, -0.05) is 18.2 Å². The predicted octanol–water partition coefficient (Wildman–Crippen LogP) is 3.89. The Hall–Kier alpha value is -3.10. The Labute approximate surface area is 179 Å². The number of ether oxygens (including phenoxy) is 4. The van der Waals surface area contributed by atoms with Crippen LogP contribution in [0.3, 0.4) is 0 Å². The van der Waals surface area contributed by atoms with Crippen LogP contribution in [0.2, 0.25) is 0 Å². The Morgan fingerprint density at radius 3 is 2.53 bits per heavy atom. The summed E-state index contributed by atoms with van der Waals surface area (Å²) in [6, 6.07) is 14.7. The van der Waals surface area contributed by atoms with Gasteiger partial charge < -0.3 is 18.9 Å². The van der Waals surface area contributed by atoms with E-state index in [1.54, 1.807) is 26.2 Å². The molecule has 0 aliphatic carbocycles. The second-order valence-electron chi connectivity index (χ2n) is 6.22. The van der Waals surface area contributed by atoms with Gasteiger partial charge in [0, 0.05) is 18.1 Å². The fourth-order valence-corrected chi connectivity index (χ4v) is 3.64. The lowest BCUT2D eigenvalue weighted by Gasteiger charge is -2.19. The van der Waals surface area contributed by atoms with Crippen LogP contribution in [0.5, 0.6) is 17.2 Å². The molecule has 0 aliphatic heterocycles. The molecule has 1 aromatic heterocycles. The monoisotopic (exact) mass is 428 g/mol. The molecule has 0 spiro atoms. The molecule has 30 heavy (non-hydrogen) atoms. The minimum absolute atomic E-state index is 0.0921. The van der Waals surface area contributed by atoms with Crippen LogP contribution in [0.25, 0.3) is 11.3 Å². The highest BCUT2D eigenvalue weighted by Gasteiger charge is 2.21. The smallest absolute Gasteiger partial charge is 0.266 e. The average molecular weight is 429 g/mol. The molecule has 1 heterocycles. The van der Waals surface area contributed by atoms with Crippen molar-refractivity contribution in [3.05, 3.63) is 53.9 Å². The van der Waals surface area contributed by atoms with Crippen LogP contribution in [-0.4, -0.2) is 52.0 Å². The second kappa shape index (κ2) is 10.6. The molecule has 0 saturated carbocycles. The van der Waals surface area contributed by atoms with Crippen LogP contribution < -0.4 is 19.1 Å². The van der Waals surface area contributed by atoms with E-state index in [9.17, 15) is 4.79 Å². The van der Waals surface area contributed by atoms with Gasteiger partial charge in [-0.15, -0.1) is 11.3 Å². The fraction of sp³-hybridized carbons (Fsp3) is 0.273. The zero-order valence-corrected chi connectivity index (χ0v) is 18.0. The summed E-state index contributed by atoms with van der Waals surface area (Å²) in [5.74, 6) is 1.81. The number of methoxy groups -OCH3 is 3. The maximum absolute atomic E-state index is 12.9. The number of hydrogen-bond acceptors (Lipinski definition) is 7. The number of para-hydroxylation sites is 1. The molecule has 0 bridgehead atoms. The van der Waals surface area contributed by atoms with Crippen molar-refractivity contribution in [1.29, 1.82) is 0 Å². The van der Waals surface area contributed by atoms with Crippen LogP contribution in [-0.2, 0) is 9.53 Å². The molecular weight excluding hydrogens is 404 g/mol. The zero-order valence-electron chi connectivity index (χ0n) is 17.2. The molecule has 0 N–H and O–H groups in total. The molecule has 8 heteroatoms. The molecule has 1 amide bonds. The number of rotatable bonds is 10. The highest BCUT2D eigenvalue weighted by Crippen LogP contribution is 2.36. The molecule has 0 saturated heterocycles. The van der Waals surface area contributed by atoms with Crippen molar-refractivity contribution in [3.63, 3.8) is 0 Å². The molecule has 0 aliphatic rings. The lowest BCUT2D eigenvalue weighted by molar-refractivity contribution is -0.120. The molecule has 0 radical (unpaired) electrons. The van der Waals surface area contributed by atoms with E-state index in [2.05, 4.69) is 4.98 Å². The molecule has 3 aromatic rings. The molecular formula is C22H24N2O5S. The van der Waals surface area contributed by atoms with Crippen molar-refractivity contribution in [2.45, 2.75) is 0 Å². The second-order valence-corrected chi connectivity index (χ2v) is 7.06. The van der Waals surface area contributed by atoms with Gasteiger partial charge in [0.05, 0.1) is 33.1 Å². The normalized spacial score (nSPS) is 10.5. The van der Waals surface area contributed by atoms with Gasteiger partial charge in [-0.05, 0) is 30.3 Å². The zero-order chi connectivity index (χ0) is 21.3. The Morgan fingerprint density at radius 1 is 1.03 bits per heavy atom. The third kappa shape index (κ3) is 5.28. The maximum atomic E-state index is 12.9. The van der Waals surface area contributed by atoms with Gasteiger partial charge in [-0.25, -0.2) is 4.98 Å².